The standard InChI is InChI=1S/C33H21F7/c1-2-3-5-19-8-14-24-21(16-19)11-15-25(32(24)37)22-17-28(35)31(29(36)18-22)26-6-4-7-27(34)30(26)20-9-12-23(13-10-20)33(38,39)40/h2,4,6-18H,1,3,5H2. The van der Waals surface area contributed by atoms with Gasteiger partial charge in [0.05, 0.1) is 11.1 Å². The summed E-state index contributed by atoms with van der Waals surface area (Å²) in [6.07, 6.45) is -1.30. The van der Waals surface area contributed by atoms with Gasteiger partial charge in [-0.2, -0.15) is 13.2 Å². The Balaban J connectivity index is 1.58. The third kappa shape index (κ3) is 5.11. The molecule has 202 valence electrons. The predicted octanol–water partition coefficient (Wildman–Crippen LogP) is 10.5. The van der Waals surface area contributed by atoms with Gasteiger partial charge < -0.3 is 0 Å². The number of rotatable bonds is 6. The first-order chi connectivity index (χ1) is 19.1. The van der Waals surface area contributed by atoms with E-state index in [-0.39, 0.29) is 27.8 Å². The van der Waals surface area contributed by atoms with Crippen LogP contribution < -0.4 is 0 Å². The Labute approximate surface area is 226 Å². The maximum Gasteiger partial charge on any atom is 0.416 e. The topological polar surface area (TPSA) is 0 Å². The number of hydrogen-bond donors (Lipinski definition) is 0. The molecular weight excluding hydrogens is 529 g/mol. The minimum absolute atomic E-state index is 0.0111. The van der Waals surface area contributed by atoms with Crippen LogP contribution in [0.5, 0.6) is 0 Å². The van der Waals surface area contributed by atoms with Gasteiger partial charge in [-0.25, -0.2) is 17.6 Å². The van der Waals surface area contributed by atoms with E-state index in [2.05, 4.69) is 6.58 Å². The maximum absolute atomic E-state index is 15.5. The fraction of sp³-hybridized carbons (Fsp3) is 0.0909. The summed E-state index contributed by atoms with van der Waals surface area (Å²) in [5.41, 5.74) is -1.03. The summed E-state index contributed by atoms with van der Waals surface area (Å²) in [6.45, 7) is 3.70. The fourth-order valence-electron chi connectivity index (χ4n) is 4.83. The highest BCUT2D eigenvalue weighted by Gasteiger charge is 2.30. The second-order valence-corrected chi connectivity index (χ2v) is 9.36. The molecule has 40 heavy (non-hydrogen) atoms. The Morgan fingerprint density at radius 1 is 0.650 bits per heavy atom. The van der Waals surface area contributed by atoms with Crippen molar-refractivity contribution in [3.63, 3.8) is 0 Å². The second kappa shape index (κ2) is 10.6. The minimum Gasteiger partial charge on any atom is -0.206 e. The molecule has 0 saturated carbocycles. The molecule has 0 fully saturated rings. The molecule has 0 aromatic heterocycles. The van der Waals surface area contributed by atoms with Gasteiger partial charge in [-0.3, -0.25) is 0 Å². The maximum atomic E-state index is 15.5. The molecule has 0 atom stereocenters. The van der Waals surface area contributed by atoms with Crippen molar-refractivity contribution in [3.05, 3.63) is 132 Å². The van der Waals surface area contributed by atoms with Crippen LogP contribution in [0.3, 0.4) is 0 Å². The normalized spacial score (nSPS) is 11.7. The van der Waals surface area contributed by atoms with Crippen LogP contribution in [0.2, 0.25) is 0 Å². The van der Waals surface area contributed by atoms with Crippen LogP contribution in [0.15, 0.2) is 97.6 Å². The summed E-state index contributed by atoms with van der Waals surface area (Å²) < 4.78 is 100. The molecule has 0 N–H and O–H groups in total. The molecule has 0 nitrogen and oxygen atoms in total. The molecule has 0 saturated heterocycles. The van der Waals surface area contributed by atoms with Crippen molar-refractivity contribution in [1.29, 1.82) is 0 Å². The van der Waals surface area contributed by atoms with Crippen molar-refractivity contribution in [3.8, 4) is 33.4 Å². The summed E-state index contributed by atoms with van der Waals surface area (Å²) in [6, 6.07) is 17.5. The van der Waals surface area contributed by atoms with Gasteiger partial charge in [0.1, 0.15) is 23.3 Å². The van der Waals surface area contributed by atoms with Crippen molar-refractivity contribution >= 4 is 10.8 Å². The number of benzene rings is 5. The van der Waals surface area contributed by atoms with E-state index in [1.165, 1.54) is 18.2 Å². The number of alkyl halides is 3. The smallest absolute Gasteiger partial charge is 0.206 e. The summed E-state index contributed by atoms with van der Waals surface area (Å²) in [5, 5.41) is 0.931. The number of halogens is 7. The van der Waals surface area contributed by atoms with Gasteiger partial charge in [-0.1, -0.05) is 60.7 Å². The van der Waals surface area contributed by atoms with Gasteiger partial charge in [0.2, 0.25) is 0 Å². The van der Waals surface area contributed by atoms with Crippen molar-refractivity contribution in [2.24, 2.45) is 0 Å². The fourth-order valence-corrected chi connectivity index (χ4v) is 4.83. The van der Waals surface area contributed by atoms with Crippen LogP contribution in [0.25, 0.3) is 44.2 Å². The van der Waals surface area contributed by atoms with Gasteiger partial charge in [-0.15, -0.1) is 6.58 Å². The van der Waals surface area contributed by atoms with Crippen molar-refractivity contribution in [1.82, 2.24) is 0 Å². The quantitative estimate of drug-likeness (QED) is 0.146. The van der Waals surface area contributed by atoms with Crippen molar-refractivity contribution in [2.45, 2.75) is 19.0 Å². The first-order valence-corrected chi connectivity index (χ1v) is 12.4. The molecule has 0 radical (unpaired) electrons. The van der Waals surface area contributed by atoms with E-state index in [4.69, 9.17) is 0 Å². The van der Waals surface area contributed by atoms with Crippen molar-refractivity contribution < 1.29 is 30.7 Å². The van der Waals surface area contributed by atoms with E-state index in [1.807, 2.05) is 6.07 Å². The molecule has 0 heterocycles. The molecule has 0 amide bonds. The van der Waals surface area contributed by atoms with Crippen LogP contribution >= 0.6 is 0 Å². The molecule has 0 spiro atoms. The third-order valence-corrected chi connectivity index (χ3v) is 6.79. The van der Waals surface area contributed by atoms with Gasteiger partial charge in [0.15, 0.2) is 0 Å². The van der Waals surface area contributed by atoms with E-state index >= 15 is 13.2 Å². The summed E-state index contributed by atoms with van der Waals surface area (Å²) in [5.74, 6) is -3.66. The number of aryl methyl sites for hydroxylation is 1. The molecule has 7 heteroatoms. The Morgan fingerprint density at radius 3 is 2.00 bits per heavy atom. The zero-order valence-electron chi connectivity index (χ0n) is 20.9. The Kier molecular flexibility index (Phi) is 7.23. The number of fused-ring (bicyclic) bond motifs is 1. The molecule has 0 aliphatic carbocycles. The van der Waals surface area contributed by atoms with E-state index < -0.39 is 40.6 Å². The molecule has 5 rings (SSSR count). The lowest BCUT2D eigenvalue weighted by molar-refractivity contribution is -0.137. The van der Waals surface area contributed by atoms with Crippen molar-refractivity contribution in [2.75, 3.05) is 0 Å². The minimum atomic E-state index is -4.60. The van der Waals surface area contributed by atoms with Crippen LogP contribution in [0, 0.1) is 23.3 Å². The van der Waals surface area contributed by atoms with Gasteiger partial charge in [-0.05, 0) is 70.8 Å². The zero-order valence-corrected chi connectivity index (χ0v) is 20.9. The van der Waals surface area contributed by atoms with Crippen LogP contribution in [-0.2, 0) is 12.6 Å². The Morgan fingerprint density at radius 2 is 1.35 bits per heavy atom. The lowest BCUT2D eigenvalue weighted by Crippen LogP contribution is -2.04. The highest BCUT2D eigenvalue weighted by molar-refractivity contribution is 5.90. The van der Waals surface area contributed by atoms with Crippen LogP contribution in [-0.4, -0.2) is 0 Å². The summed E-state index contributed by atoms with van der Waals surface area (Å²) in [7, 11) is 0. The third-order valence-electron chi connectivity index (χ3n) is 6.79. The van der Waals surface area contributed by atoms with E-state index in [1.54, 1.807) is 24.3 Å². The number of hydrogen-bond acceptors (Lipinski definition) is 0. The predicted molar refractivity (Wildman–Crippen MR) is 144 cm³/mol. The largest absolute Gasteiger partial charge is 0.416 e. The van der Waals surface area contributed by atoms with E-state index in [9.17, 15) is 17.6 Å². The highest BCUT2D eigenvalue weighted by atomic mass is 19.4. The Bertz CT molecular complexity index is 1710. The zero-order chi connectivity index (χ0) is 28.6. The lowest BCUT2D eigenvalue weighted by Gasteiger charge is -2.15. The van der Waals surface area contributed by atoms with E-state index in [0.717, 1.165) is 60.9 Å². The molecule has 5 aromatic rings. The molecule has 0 bridgehead atoms. The van der Waals surface area contributed by atoms with E-state index in [0.29, 0.717) is 10.8 Å². The molecular formula is C33H21F7. The Hall–Kier alpha value is -4.39. The molecule has 0 aliphatic heterocycles. The first-order valence-electron chi connectivity index (χ1n) is 12.4. The van der Waals surface area contributed by atoms with Crippen LogP contribution in [0.1, 0.15) is 17.5 Å². The lowest BCUT2D eigenvalue weighted by atomic mass is 9.91. The van der Waals surface area contributed by atoms with Gasteiger partial charge in [0, 0.05) is 16.5 Å². The molecule has 0 unspecified atom stereocenters. The second-order valence-electron chi connectivity index (χ2n) is 9.36. The monoisotopic (exact) mass is 550 g/mol. The van der Waals surface area contributed by atoms with Gasteiger partial charge in [0.25, 0.3) is 0 Å². The molecule has 0 aliphatic rings. The highest BCUT2D eigenvalue weighted by Crippen LogP contribution is 2.40. The van der Waals surface area contributed by atoms with Crippen LogP contribution in [0.4, 0.5) is 30.7 Å². The average molecular weight is 551 g/mol. The summed E-state index contributed by atoms with van der Waals surface area (Å²) in [4.78, 5) is 0. The number of allylic oxidation sites excluding steroid dienone is 1. The first kappa shape index (κ1) is 27.2. The molecule has 5 aromatic carbocycles. The van der Waals surface area contributed by atoms with Gasteiger partial charge >= 0.3 is 6.18 Å². The SMILES string of the molecule is C=CCCc1ccc2c(F)c(-c3cc(F)c(-c4cccc(F)c4-c4ccc(C(F)(F)F)cc4)c(F)c3)ccc2c1. The average Bonchev–Trinajstić information content (AvgIpc) is 2.91. The summed E-state index contributed by atoms with van der Waals surface area (Å²) >= 11 is 0.